The Morgan fingerprint density at radius 1 is 1.10 bits per heavy atom. The maximum absolute atomic E-state index is 13.0. The molecule has 8 nitrogen and oxygen atoms in total. The van der Waals surface area contributed by atoms with Crippen LogP contribution < -0.4 is 16.1 Å². The normalized spacial score (nSPS) is 19.5. The Morgan fingerprint density at radius 3 is 2.47 bits per heavy atom. The summed E-state index contributed by atoms with van der Waals surface area (Å²) in [5.74, 6) is -0.772. The third-order valence-corrected chi connectivity index (χ3v) is 6.09. The number of nitrogens with zero attached hydrogens (tertiary/aromatic N) is 3. The first-order valence-electron chi connectivity index (χ1n) is 9.86. The molecule has 1 saturated heterocycles. The Morgan fingerprint density at radius 2 is 1.83 bits per heavy atom. The van der Waals surface area contributed by atoms with Crippen LogP contribution in [0.15, 0.2) is 52.3 Å². The zero-order valence-electron chi connectivity index (χ0n) is 16.4. The molecule has 3 heterocycles. The first-order valence-corrected chi connectivity index (χ1v) is 10.8. The molecular formula is C21H23N5O3S. The predicted molar refractivity (Wildman–Crippen MR) is 115 cm³/mol. The number of nitrogens with one attached hydrogen (secondary N) is 1. The van der Waals surface area contributed by atoms with Crippen LogP contribution in [-0.2, 0) is 9.59 Å². The van der Waals surface area contributed by atoms with Gasteiger partial charge in [-0.3, -0.25) is 19.4 Å². The number of anilines is 1. The van der Waals surface area contributed by atoms with Gasteiger partial charge in [-0.2, -0.15) is 16.4 Å². The van der Waals surface area contributed by atoms with E-state index in [9.17, 15) is 14.4 Å². The molecule has 0 bridgehead atoms. The Kier molecular flexibility index (Phi) is 5.80. The van der Waals surface area contributed by atoms with Crippen LogP contribution >= 0.6 is 11.3 Å². The molecular weight excluding hydrogens is 402 g/mol. The van der Waals surface area contributed by atoms with Crippen molar-refractivity contribution in [2.45, 2.75) is 31.3 Å². The molecule has 0 spiro atoms. The van der Waals surface area contributed by atoms with Crippen LogP contribution in [0.5, 0.6) is 0 Å². The molecule has 0 aliphatic carbocycles. The zero-order chi connectivity index (χ0) is 21.1. The lowest BCUT2D eigenvalue weighted by Crippen LogP contribution is -2.48. The van der Waals surface area contributed by atoms with Crippen molar-refractivity contribution in [2.75, 3.05) is 18.1 Å². The van der Waals surface area contributed by atoms with Crippen LogP contribution in [0, 0.1) is 0 Å². The highest BCUT2D eigenvalue weighted by atomic mass is 32.1. The Labute approximate surface area is 178 Å². The minimum atomic E-state index is -0.672. The quantitative estimate of drug-likeness (QED) is 0.758. The minimum absolute atomic E-state index is 0.0335. The van der Waals surface area contributed by atoms with E-state index in [2.05, 4.69) is 10.4 Å². The highest BCUT2D eigenvalue weighted by molar-refractivity contribution is 7.08. The van der Waals surface area contributed by atoms with Crippen LogP contribution in [0.2, 0.25) is 0 Å². The second kappa shape index (κ2) is 8.66. The smallest absolute Gasteiger partial charge is 0.270 e. The molecule has 3 amide bonds. The summed E-state index contributed by atoms with van der Waals surface area (Å²) in [6.45, 7) is 1.05. The lowest BCUT2D eigenvalue weighted by atomic mass is 10.0. The number of hydrazone groups is 1. The maximum Gasteiger partial charge on any atom is 0.270 e. The number of para-hydroxylation sites is 1. The van der Waals surface area contributed by atoms with Crippen LogP contribution in [0.4, 0.5) is 5.69 Å². The summed E-state index contributed by atoms with van der Waals surface area (Å²) < 4.78 is 0. The first-order chi connectivity index (χ1) is 14.5. The van der Waals surface area contributed by atoms with Gasteiger partial charge in [0.1, 0.15) is 11.8 Å². The molecule has 1 aromatic carbocycles. The highest BCUT2D eigenvalue weighted by Crippen LogP contribution is 2.25. The van der Waals surface area contributed by atoms with E-state index in [1.54, 1.807) is 11.0 Å². The van der Waals surface area contributed by atoms with Gasteiger partial charge in [0.15, 0.2) is 0 Å². The number of amides is 3. The summed E-state index contributed by atoms with van der Waals surface area (Å²) >= 11 is 1.49. The molecule has 2 aliphatic heterocycles. The van der Waals surface area contributed by atoms with Crippen molar-refractivity contribution >= 4 is 40.5 Å². The maximum atomic E-state index is 13.0. The second-order valence-corrected chi connectivity index (χ2v) is 8.18. The van der Waals surface area contributed by atoms with Gasteiger partial charge in [-0.15, -0.1) is 0 Å². The fourth-order valence-corrected chi connectivity index (χ4v) is 4.39. The van der Waals surface area contributed by atoms with E-state index in [4.69, 9.17) is 5.73 Å². The number of piperidine rings is 1. The van der Waals surface area contributed by atoms with Gasteiger partial charge in [0.05, 0.1) is 5.69 Å². The van der Waals surface area contributed by atoms with Crippen molar-refractivity contribution in [2.24, 2.45) is 10.8 Å². The number of primary amides is 1. The summed E-state index contributed by atoms with van der Waals surface area (Å²) in [5.41, 5.74) is 7.27. The van der Waals surface area contributed by atoms with Gasteiger partial charge in [0.25, 0.3) is 11.8 Å². The molecule has 1 fully saturated rings. The van der Waals surface area contributed by atoms with E-state index in [0.29, 0.717) is 37.2 Å². The van der Waals surface area contributed by atoms with Crippen LogP contribution in [-0.4, -0.2) is 53.5 Å². The molecule has 4 rings (SSSR count). The lowest BCUT2D eigenvalue weighted by Gasteiger charge is -2.32. The van der Waals surface area contributed by atoms with Gasteiger partial charge in [-0.1, -0.05) is 18.2 Å². The molecule has 1 atom stereocenters. The summed E-state index contributed by atoms with van der Waals surface area (Å²) in [7, 11) is 0. The SMILES string of the molecule is NC(=O)C1CC(C(=O)N2CCC(NC(=O)c3ccsc3)CC2)=NN1c1ccccc1. The summed E-state index contributed by atoms with van der Waals surface area (Å²) in [4.78, 5) is 38.9. The number of hydrogen-bond donors (Lipinski definition) is 2. The molecule has 156 valence electrons. The van der Waals surface area contributed by atoms with Crippen molar-refractivity contribution in [1.29, 1.82) is 0 Å². The number of carbonyl (C=O) groups is 3. The monoisotopic (exact) mass is 425 g/mol. The third kappa shape index (κ3) is 4.20. The molecule has 30 heavy (non-hydrogen) atoms. The van der Waals surface area contributed by atoms with Gasteiger partial charge >= 0.3 is 0 Å². The van der Waals surface area contributed by atoms with E-state index in [1.165, 1.54) is 16.3 Å². The van der Waals surface area contributed by atoms with Gasteiger partial charge in [-0.25, -0.2) is 0 Å². The molecule has 1 aromatic heterocycles. The molecule has 9 heteroatoms. The largest absolute Gasteiger partial charge is 0.368 e. The van der Waals surface area contributed by atoms with Gasteiger partial charge in [0.2, 0.25) is 5.91 Å². The van der Waals surface area contributed by atoms with Gasteiger partial charge < -0.3 is 16.0 Å². The Hall–Kier alpha value is -3.20. The van der Waals surface area contributed by atoms with E-state index < -0.39 is 11.9 Å². The number of hydrogen-bond acceptors (Lipinski definition) is 6. The molecule has 0 radical (unpaired) electrons. The Balaban J connectivity index is 1.38. The van der Waals surface area contributed by atoms with E-state index in [0.717, 1.165) is 5.69 Å². The lowest BCUT2D eigenvalue weighted by molar-refractivity contribution is -0.125. The number of likely N-dealkylation sites (tertiary alicyclic amines) is 1. The number of thiophene rings is 1. The second-order valence-electron chi connectivity index (χ2n) is 7.40. The van der Waals surface area contributed by atoms with Crippen LogP contribution in [0.1, 0.15) is 29.6 Å². The molecule has 1 unspecified atom stereocenters. The summed E-state index contributed by atoms with van der Waals surface area (Å²) in [5, 5.41) is 12.7. The summed E-state index contributed by atoms with van der Waals surface area (Å²) in [6.07, 6.45) is 1.55. The number of rotatable bonds is 5. The van der Waals surface area contributed by atoms with E-state index >= 15 is 0 Å². The van der Waals surface area contributed by atoms with E-state index in [-0.39, 0.29) is 24.3 Å². The average Bonchev–Trinajstić information content (AvgIpc) is 3.45. The predicted octanol–water partition coefficient (Wildman–Crippen LogP) is 1.59. The Bertz CT molecular complexity index is 952. The summed E-state index contributed by atoms with van der Waals surface area (Å²) in [6, 6.07) is 10.4. The number of benzene rings is 1. The van der Waals surface area contributed by atoms with Gasteiger partial charge in [-0.05, 0) is 36.4 Å². The van der Waals surface area contributed by atoms with Crippen LogP contribution in [0.3, 0.4) is 0 Å². The molecule has 2 aliphatic rings. The average molecular weight is 426 g/mol. The molecule has 2 aromatic rings. The van der Waals surface area contributed by atoms with Crippen molar-refractivity contribution in [3.8, 4) is 0 Å². The van der Waals surface area contributed by atoms with Crippen LogP contribution in [0.25, 0.3) is 0 Å². The fourth-order valence-electron chi connectivity index (χ4n) is 3.75. The van der Waals surface area contributed by atoms with Gasteiger partial charge in [0, 0.05) is 36.5 Å². The minimum Gasteiger partial charge on any atom is -0.368 e. The van der Waals surface area contributed by atoms with Crippen molar-refractivity contribution in [3.63, 3.8) is 0 Å². The van der Waals surface area contributed by atoms with E-state index in [1.807, 2.05) is 41.1 Å². The topological polar surface area (TPSA) is 108 Å². The number of carbonyl (C=O) groups excluding carboxylic acids is 3. The molecule has 3 N–H and O–H groups in total. The molecule has 0 saturated carbocycles. The van der Waals surface area contributed by atoms with Crippen molar-refractivity contribution in [3.05, 3.63) is 52.7 Å². The number of nitrogens with two attached hydrogens (primary N) is 1. The van der Waals surface area contributed by atoms with Crippen molar-refractivity contribution < 1.29 is 14.4 Å². The standard InChI is InChI=1S/C21H23N5O3S/c22-19(27)18-12-17(24-26(18)16-4-2-1-3-5-16)21(29)25-9-6-15(7-10-25)23-20(28)14-8-11-30-13-14/h1-5,8,11,13,15,18H,6-7,9-10,12H2,(H2,22,27)(H,23,28). The highest BCUT2D eigenvalue weighted by Gasteiger charge is 2.37. The third-order valence-electron chi connectivity index (χ3n) is 5.41. The first kappa shape index (κ1) is 20.1. The fraction of sp³-hybridized carbons (Fsp3) is 0.333. The zero-order valence-corrected chi connectivity index (χ0v) is 17.2. The van der Waals surface area contributed by atoms with Crippen molar-refractivity contribution in [1.82, 2.24) is 10.2 Å².